The highest BCUT2D eigenvalue weighted by molar-refractivity contribution is 6.06. The lowest BCUT2D eigenvalue weighted by molar-refractivity contribution is -0.119. The molecule has 1 aliphatic rings. The molecule has 1 aliphatic heterocycles. The summed E-state index contributed by atoms with van der Waals surface area (Å²) in [5.41, 5.74) is 4.13. The summed E-state index contributed by atoms with van der Waals surface area (Å²) in [6.45, 7) is 2.20. The van der Waals surface area contributed by atoms with Crippen molar-refractivity contribution in [1.82, 2.24) is 24.7 Å². The zero-order valence-electron chi connectivity index (χ0n) is 21.4. The Balaban J connectivity index is 1.68. The van der Waals surface area contributed by atoms with Crippen LogP contribution in [0.2, 0.25) is 0 Å². The van der Waals surface area contributed by atoms with Gasteiger partial charge in [-0.15, -0.1) is 0 Å². The van der Waals surface area contributed by atoms with Gasteiger partial charge in [0.25, 0.3) is 0 Å². The number of benzene rings is 1. The first-order valence-electron chi connectivity index (χ1n) is 12.1. The van der Waals surface area contributed by atoms with E-state index in [9.17, 15) is 22.4 Å². The first-order chi connectivity index (χ1) is 18.5. The fraction of sp³-hybridized carbons (Fsp3) is 0.346. The number of carbonyl (C=O) groups excluding carboxylic acids is 1. The summed E-state index contributed by atoms with van der Waals surface area (Å²) in [7, 11) is 0. The Hall–Kier alpha value is -4.13. The number of nitrogens with two attached hydrogens (primary N) is 1. The quantitative estimate of drug-likeness (QED) is 0.290. The molecule has 1 aromatic carbocycles. The fourth-order valence-corrected chi connectivity index (χ4v) is 4.37. The highest BCUT2D eigenvalue weighted by Crippen LogP contribution is 2.42. The molecule has 0 fully saturated rings. The van der Waals surface area contributed by atoms with Crippen molar-refractivity contribution in [2.75, 3.05) is 30.5 Å². The Bertz CT molecular complexity index is 1600. The molecule has 204 valence electrons. The van der Waals surface area contributed by atoms with Crippen LogP contribution in [0.3, 0.4) is 0 Å². The minimum Gasteiger partial charge on any atom is -0.368 e. The van der Waals surface area contributed by atoms with Gasteiger partial charge in [0.1, 0.15) is 42.3 Å². The first-order valence-corrected chi connectivity index (χ1v) is 12.1. The second kappa shape index (κ2) is 9.56. The molecule has 0 radical (unpaired) electrons. The van der Waals surface area contributed by atoms with Gasteiger partial charge in [0.05, 0.1) is 34.1 Å². The van der Waals surface area contributed by atoms with Gasteiger partial charge in [-0.25, -0.2) is 37.2 Å². The molecule has 0 saturated heterocycles. The van der Waals surface area contributed by atoms with Crippen LogP contribution in [0.5, 0.6) is 0 Å². The number of pyridine rings is 1. The second-order valence-electron chi connectivity index (χ2n) is 10.2. The monoisotopic (exact) mass is 542 g/mol. The minimum atomic E-state index is -1.81. The van der Waals surface area contributed by atoms with Gasteiger partial charge in [0.2, 0.25) is 5.91 Å². The molecule has 0 atom stereocenters. The Morgan fingerprint density at radius 3 is 2.51 bits per heavy atom. The molecule has 0 spiro atoms. The number of rotatable bonds is 8. The Labute approximate surface area is 220 Å². The van der Waals surface area contributed by atoms with E-state index in [1.165, 1.54) is 23.7 Å². The number of carbonyl (C=O) groups is 1. The third-order valence-electron chi connectivity index (χ3n) is 6.82. The number of halogens is 4. The number of hydrogen-bond donors (Lipinski definition) is 3. The van der Waals surface area contributed by atoms with Gasteiger partial charge in [0.15, 0.2) is 11.5 Å². The first kappa shape index (κ1) is 26.5. The number of alkyl halides is 2. The van der Waals surface area contributed by atoms with Gasteiger partial charge in [-0.05, 0) is 32.9 Å². The van der Waals surface area contributed by atoms with Crippen molar-refractivity contribution in [1.29, 1.82) is 0 Å². The van der Waals surface area contributed by atoms with E-state index in [1.54, 1.807) is 32.0 Å². The third-order valence-corrected chi connectivity index (χ3v) is 6.82. The van der Waals surface area contributed by atoms with Crippen LogP contribution in [0.25, 0.3) is 22.6 Å². The summed E-state index contributed by atoms with van der Waals surface area (Å²) in [4.78, 5) is 26.1. The number of nitrogens with zero attached hydrogens (tertiary/aromatic N) is 5. The smallest absolute Gasteiger partial charge is 0.235 e. The molecule has 0 saturated carbocycles. The van der Waals surface area contributed by atoms with Crippen LogP contribution in [0.1, 0.15) is 30.7 Å². The van der Waals surface area contributed by atoms with E-state index in [-0.39, 0.29) is 58.9 Å². The molecule has 39 heavy (non-hydrogen) atoms. The molecule has 4 N–H and O–H groups in total. The van der Waals surface area contributed by atoms with Crippen molar-refractivity contribution >= 4 is 28.6 Å². The molecule has 9 nitrogen and oxygen atoms in total. The number of fused-ring (bicyclic) bond motifs is 2. The summed E-state index contributed by atoms with van der Waals surface area (Å²) < 4.78 is 57.4. The van der Waals surface area contributed by atoms with E-state index < -0.39 is 35.9 Å². The number of anilines is 2. The van der Waals surface area contributed by atoms with Crippen molar-refractivity contribution in [3.05, 3.63) is 58.8 Å². The van der Waals surface area contributed by atoms with Crippen LogP contribution in [-0.4, -0.2) is 56.1 Å². The molecule has 5 rings (SSSR count). The highest BCUT2D eigenvalue weighted by atomic mass is 19.1. The van der Waals surface area contributed by atoms with E-state index >= 15 is 0 Å². The lowest BCUT2D eigenvalue weighted by atomic mass is 9.87. The molecule has 4 heterocycles. The van der Waals surface area contributed by atoms with Crippen molar-refractivity contribution in [3.63, 3.8) is 0 Å². The molecule has 0 bridgehead atoms. The van der Waals surface area contributed by atoms with Gasteiger partial charge >= 0.3 is 0 Å². The van der Waals surface area contributed by atoms with Gasteiger partial charge in [0, 0.05) is 12.1 Å². The number of aryl methyl sites for hydroxylation is 1. The topological polar surface area (TPSA) is 124 Å². The van der Waals surface area contributed by atoms with E-state index in [0.29, 0.717) is 11.1 Å². The minimum absolute atomic E-state index is 0.0102. The maximum absolute atomic E-state index is 14.7. The van der Waals surface area contributed by atoms with Gasteiger partial charge in [-0.1, -0.05) is 18.2 Å². The summed E-state index contributed by atoms with van der Waals surface area (Å²) >= 11 is 0. The number of aromatic nitrogens is 5. The average molecular weight is 543 g/mol. The number of hydrogen-bond acceptors (Lipinski definition) is 7. The maximum atomic E-state index is 14.7. The molecular formula is C26H26F4N8O. The van der Waals surface area contributed by atoms with Crippen molar-refractivity contribution in [2.24, 2.45) is 5.73 Å². The van der Waals surface area contributed by atoms with E-state index in [0.717, 1.165) is 0 Å². The lowest BCUT2D eigenvalue weighted by Crippen LogP contribution is -2.50. The molecule has 4 aromatic rings. The zero-order valence-corrected chi connectivity index (χ0v) is 21.4. The van der Waals surface area contributed by atoms with Gasteiger partial charge in [-0.2, -0.15) is 5.10 Å². The van der Waals surface area contributed by atoms with Crippen molar-refractivity contribution in [3.8, 4) is 11.5 Å². The zero-order chi connectivity index (χ0) is 28.1. The van der Waals surface area contributed by atoms with E-state index in [1.807, 2.05) is 0 Å². The van der Waals surface area contributed by atoms with Crippen LogP contribution >= 0.6 is 0 Å². The Kier molecular flexibility index (Phi) is 6.49. The van der Waals surface area contributed by atoms with Crippen LogP contribution in [0, 0.1) is 18.6 Å². The van der Waals surface area contributed by atoms with Crippen molar-refractivity contribution in [2.45, 2.75) is 38.3 Å². The van der Waals surface area contributed by atoms with Crippen molar-refractivity contribution < 1.29 is 22.4 Å². The SMILES string of the molecule is Cc1nc2c(cc1F)c(-c1nc(NCC(N)(CF)CF)c3c(n1)NC(=O)C3(C)C)nn2Cc1ccccc1F. The van der Waals surface area contributed by atoms with Crippen LogP contribution in [0.15, 0.2) is 30.3 Å². The lowest BCUT2D eigenvalue weighted by Gasteiger charge is -2.25. The highest BCUT2D eigenvalue weighted by Gasteiger charge is 2.43. The van der Waals surface area contributed by atoms with Crippen LogP contribution in [0.4, 0.5) is 29.2 Å². The summed E-state index contributed by atoms with van der Waals surface area (Å²) in [5, 5.41) is 10.4. The van der Waals surface area contributed by atoms with E-state index in [4.69, 9.17) is 5.73 Å². The second-order valence-corrected chi connectivity index (χ2v) is 10.2. The molecular weight excluding hydrogens is 516 g/mol. The molecule has 1 amide bonds. The van der Waals surface area contributed by atoms with Gasteiger partial charge in [-0.3, -0.25) is 4.79 Å². The van der Waals surface area contributed by atoms with Gasteiger partial charge < -0.3 is 16.4 Å². The normalized spacial score (nSPS) is 14.5. The summed E-state index contributed by atoms with van der Waals surface area (Å²) in [6.07, 6.45) is 0. The molecule has 0 aliphatic carbocycles. The Morgan fingerprint density at radius 1 is 1.10 bits per heavy atom. The number of amides is 1. The summed E-state index contributed by atoms with van der Waals surface area (Å²) in [5.74, 6) is -1.13. The molecule has 3 aromatic heterocycles. The predicted molar refractivity (Wildman–Crippen MR) is 138 cm³/mol. The van der Waals surface area contributed by atoms with Crippen LogP contribution < -0.4 is 16.4 Å². The number of nitrogens with one attached hydrogen (secondary N) is 2. The summed E-state index contributed by atoms with van der Waals surface area (Å²) in [6, 6.07) is 7.40. The van der Waals surface area contributed by atoms with Crippen LogP contribution in [-0.2, 0) is 16.8 Å². The molecule has 13 heteroatoms. The third kappa shape index (κ3) is 4.56. The Morgan fingerprint density at radius 2 is 1.82 bits per heavy atom. The maximum Gasteiger partial charge on any atom is 0.235 e. The standard InChI is InChI=1S/C26H26F4N8O/c1-13-17(30)8-15-19(37-38(23(15)33-13)9-14-6-4-5-7-16(14)29)22-34-20(32-12-26(31,10-27)11-28)18-21(35-22)36-24(39)25(18,2)3/h4-8H,9-12,31H2,1-3H3,(H2,32,34,35,36,39). The van der Waals surface area contributed by atoms with E-state index in [2.05, 4.69) is 30.7 Å². The average Bonchev–Trinajstić information content (AvgIpc) is 3.36. The predicted octanol–water partition coefficient (Wildman–Crippen LogP) is 3.80. The molecule has 0 unspecified atom stereocenters. The fourth-order valence-electron chi connectivity index (χ4n) is 4.37. The largest absolute Gasteiger partial charge is 0.368 e.